The molecule has 5 aromatic rings. The molecule has 0 radical (unpaired) electrons. The lowest BCUT2D eigenvalue weighted by Gasteiger charge is -2.14. The first kappa shape index (κ1) is 25.9. The summed E-state index contributed by atoms with van der Waals surface area (Å²) < 4.78 is 12.2. The van der Waals surface area contributed by atoms with Gasteiger partial charge < -0.3 is 14.5 Å². The van der Waals surface area contributed by atoms with Crippen molar-refractivity contribution in [2.45, 2.75) is 26.2 Å². The Hall–Kier alpha value is -3.75. The standard InChI is InChI=1S/C30H26BrN3O3S/c1-4-17(2)19-11-14-25-24(16-19)33-29(37-25)18-9-12-21(13-10-18)32-30(38)34-28(35)23-15-20-7-5-6-8-22(20)26(31)27(23)36-3/h5-17H,4H2,1-3H3,(H2,32,34,35,38)/t17-/m0/s1. The second-order valence-electron chi connectivity index (χ2n) is 9.03. The van der Waals surface area contributed by atoms with E-state index in [1.807, 2.05) is 54.6 Å². The van der Waals surface area contributed by atoms with Crippen LogP contribution in [0.25, 0.3) is 33.3 Å². The summed E-state index contributed by atoms with van der Waals surface area (Å²) in [6.07, 6.45) is 1.07. The SMILES string of the molecule is CC[C@H](C)c1ccc2oc(-c3ccc(NC(=S)NC(=O)c4cc5ccccc5c(Br)c4OC)cc3)nc2c1. The zero-order chi connectivity index (χ0) is 26.8. The van der Waals surface area contributed by atoms with Gasteiger partial charge >= 0.3 is 0 Å². The maximum Gasteiger partial charge on any atom is 0.261 e. The minimum Gasteiger partial charge on any atom is -0.495 e. The predicted octanol–water partition coefficient (Wildman–Crippen LogP) is 8.06. The van der Waals surface area contributed by atoms with E-state index in [1.54, 1.807) is 6.07 Å². The highest BCUT2D eigenvalue weighted by atomic mass is 79.9. The number of amides is 1. The summed E-state index contributed by atoms with van der Waals surface area (Å²) >= 11 is 8.97. The molecule has 0 saturated carbocycles. The molecule has 1 heterocycles. The molecule has 0 unspecified atom stereocenters. The molecule has 38 heavy (non-hydrogen) atoms. The summed E-state index contributed by atoms with van der Waals surface area (Å²) in [5.74, 6) is 1.10. The van der Waals surface area contributed by atoms with Crippen LogP contribution in [-0.2, 0) is 0 Å². The van der Waals surface area contributed by atoms with Crippen LogP contribution in [0.15, 0.2) is 81.7 Å². The predicted molar refractivity (Wildman–Crippen MR) is 160 cm³/mol. The van der Waals surface area contributed by atoms with Crippen LogP contribution < -0.4 is 15.4 Å². The van der Waals surface area contributed by atoms with E-state index in [-0.39, 0.29) is 11.0 Å². The zero-order valence-corrected chi connectivity index (χ0v) is 23.6. The molecule has 0 spiro atoms. The lowest BCUT2D eigenvalue weighted by Crippen LogP contribution is -2.34. The highest BCUT2D eigenvalue weighted by Gasteiger charge is 2.19. The number of benzene rings is 4. The molecule has 5 rings (SSSR count). The third-order valence-electron chi connectivity index (χ3n) is 6.60. The maximum absolute atomic E-state index is 13.1. The molecule has 0 aliphatic carbocycles. The quantitative estimate of drug-likeness (QED) is 0.196. The van der Waals surface area contributed by atoms with Crippen LogP contribution in [0.2, 0.25) is 0 Å². The number of hydrogen-bond acceptors (Lipinski definition) is 5. The number of fused-ring (bicyclic) bond motifs is 2. The van der Waals surface area contributed by atoms with Gasteiger partial charge in [0.1, 0.15) is 11.3 Å². The maximum atomic E-state index is 13.1. The first-order valence-electron chi connectivity index (χ1n) is 12.3. The van der Waals surface area contributed by atoms with Gasteiger partial charge in [0.15, 0.2) is 10.7 Å². The van der Waals surface area contributed by atoms with Crippen molar-refractivity contribution in [2.24, 2.45) is 0 Å². The normalized spacial score (nSPS) is 11.9. The fourth-order valence-corrected chi connectivity index (χ4v) is 5.24. The van der Waals surface area contributed by atoms with Gasteiger partial charge in [0, 0.05) is 11.3 Å². The van der Waals surface area contributed by atoms with E-state index >= 15 is 0 Å². The number of halogens is 1. The van der Waals surface area contributed by atoms with Crippen LogP contribution in [0.4, 0.5) is 5.69 Å². The van der Waals surface area contributed by atoms with Gasteiger partial charge in [0.25, 0.3) is 5.91 Å². The van der Waals surface area contributed by atoms with E-state index in [0.29, 0.717) is 27.6 Å². The van der Waals surface area contributed by atoms with Crippen molar-refractivity contribution in [1.82, 2.24) is 10.3 Å². The molecule has 0 saturated heterocycles. The largest absolute Gasteiger partial charge is 0.495 e. The first-order valence-corrected chi connectivity index (χ1v) is 13.5. The average molecular weight is 589 g/mol. The molecule has 1 amide bonds. The molecular weight excluding hydrogens is 562 g/mol. The highest BCUT2D eigenvalue weighted by molar-refractivity contribution is 9.10. The van der Waals surface area contributed by atoms with Gasteiger partial charge in [-0.15, -0.1) is 0 Å². The lowest BCUT2D eigenvalue weighted by molar-refractivity contribution is 0.0975. The molecule has 1 atom stereocenters. The van der Waals surface area contributed by atoms with Crippen molar-refractivity contribution < 1.29 is 13.9 Å². The number of oxazole rings is 1. The van der Waals surface area contributed by atoms with Crippen molar-refractivity contribution >= 4 is 66.7 Å². The number of hydrogen-bond donors (Lipinski definition) is 2. The van der Waals surface area contributed by atoms with E-state index in [9.17, 15) is 4.79 Å². The summed E-state index contributed by atoms with van der Waals surface area (Å²) in [4.78, 5) is 17.8. The molecular formula is C30H26BrN3O3S. The minimum atomic E-state index is -0.370. The number of carbonyl (C=O) groups is 1. The molecule has 4 aromatic carbocycles. The van der Waals surface area contributed by atoms with Gasteiger partial charge in [-0.1, -0.05) is 44.2 Å². The monoisotopic (exact) mass is 587 g/mol. The summed E-state index contributed by atoms with van der Waals surface area (Å²) in [5.41, 5.74) is 4.81. The number of ether oxygens (including phenoxy) is 1. The number of aromatic nitrogens is 1. The minimum absolute atomic E-state index is 0.175. The molecule has 0 aliphatic rings. The Kier molecular flexibility index (Phi) is 7.44. The Labute approximate surface area is 234 Å². The third kappa shape index (κ3) is 5.14. The molecule has 0 bridgehead atoms. The number of carbonyl (C=O) groups excluding carboxylic acids is 1. The summed E-state index contributed by atoms with van der Waals surface area (Å²) in [6.45, 7) is 4.38. The van der Waals surface area contributed by atoms with Crippen LogP contribution in [0.1, 0.15) is 42.1 Å². The van der Waals surface area contributed by atoms with Crippen molar-refractivity contribution in [3.05, 3.63) is 88.4 Å². The summed E-state index contributed by atoms with van der Waals surface area (Å²) in [6, 6.07) is 23.2. The van der Waals surface area contributed by atoms with Crippen LogP contribution in [0, 0.1) is 0 Å². The molecule has 6 nitrogen and oxygen atoms in total. The summed E-state index contributed by atoms with van der Waals surface area (Å²) in [7, 11) is 1.53. The molecule has 0 fully saturated rings. The molecule has 8 heteroatoms. The molecule has 2 N–H and O–H groups in total. The molecule has 1 aromatic heterocycles. The third-order valence-corrected chi connectivity index (χ3v) is 7.59. The van der Waals surface area contributed by atoms with Gasteiger partial charge in [-0.25, -0.2) is 4.98 Å². The Morgan fingerprint density at radius 3 is 2.61 bits per heavy atom. The van der Waals surface area contributed by atoms with E-state index in [2.05, 4.69) is 57.5 Å². The van der Waals surface area contributed by atoms with Crippen molar-refractivity contribution in [1.29, 1.82) is 0 Å². The van der Waals surface area contributed by atoms with Crippen LogP contribution >= 0.6 is 28.1 Å². The average Bonchev–Trinajstić information content (AvgIpc) is 3.36. The second-order valence-corrected chi connectivity index (χ2v) is 10.2. The van der Waals surface area contributed by atoms with Crippen molar-refractivity contribution in [3.63, 3.8) is 0 Å². The lowest BCUT2D eigenvalue weighted by atomic mass is 9.98. The summed E-state index contributed by atoms with van der Waals surface area (Å²) in [5, 5.41) is 7.85. The topological polar surface area (TPSA) is 76.4 Å². The Morgan fingerprint density at radius 1 is 1.11 bits per heavy atom. The van der Waals surface area contributed by atoms with Gasteiger partial charge in [-0.3, -0.25) is 10.1 Å². The molecule has 0 aliphatic heterocycles. The van der Waals surface area contributed by atoms with Gasteiger partial charge in [0.05, 0.1) is 17.1 Å². The first-order chi connectivity index (χ1) is 18.4. The number of methoxy groups -OCH3 is 1. The Bertz CT molecular complexity index is 1660. The Balaban J connectivity index is 1.29. The fraction of sp³-hybridized carbons (Fsp3) is 0.167. The van der Waals surface area contributed by atoms with Gasteiger partial charge in [0.2, 0.25) is 5.89 Å². The van der Waals surface area contributed by atoms with E-state index < -0.39 is 0 Å². The van der Waals surface area contributed by atoms with Crippen LogP contribution in [0.3, 0.4) is 0 Å². The number of nitrogens with one attached hydrogen (secondary N) is 2. The fourth-order valence-electron chi connectivity index (χ4n) is 4.29. The van der Waals surface area contributed by atoms with E-state index in [0.717, 1.165) is 39.5 Å². The highest BCUT2D eigenvalue weighted by Crippen LogP contribution is 2.36. The zero-order valence-electron chi connectivity index (χ0n) is 21.2. The number of anilines is 1. The van der Waals surface area contributed by atoms with Gasteiger partial charge in [-0.05, 0) is 99.3 Å². The van der Waals surface area contributed by atoms with Crippen LogP contribution in [-0.4, -0.2) is 23.1 Å². The van der Waals surface area contributed by atoms with Crippen molar-refractivity contribution in [3.8, 4) is 17.2 Å². The smallest absolute Gasteiger partial charge is 0.261 e. The van der Waals surface area contributed by atoms with E-state index in [4.69, 9.17) is 21.4 Å². The number of rotatable bonds is 6. The Morgan fingerprint density at radius 2 is 1.87 bits per heavy atom. The second kappa shape index (κ2) is 10.9. The molecule has 192 valence electrons. The van der Waals surface area contributed by atoms with Crippen LogP contribution in [0.5, 0.6) is 5.75 Å². The van der Waals surface area contributed by atoms with Crippen molar-refractivity contribution in [2.75, 3.05) is 12.4 Å². The number of thiocarbonyl (C=S) groups is 1. The van der Waals surface area contributed by atoms with Gasteiger partial charge in [-0.2, -0.15) is 0 Å². The number of nitrogens with zero attached hydrogens (tertiary/aromatic N) is 1. The van der Waals surface area contributed by atoms with E-state index in [1.165, 1.54) is 12.7 Å².